The molecule has 1 aliphatic heterocycles. The Bertz CT molecular complexity index is 713. The van der Waals surface area contributed by atoms with Gasteiger partial charge >= 0.3 is 0 Å². The van der Waals surface area contributed by atoms with Crippen molar-refractivity contribution in [2.24, 2.45) is 0 Å². The molecule has 0 unspecified atom stereocenters. The number of carbonyl (C=O) groups is 2. The van der Waals surface area contributed by atoms with Gasteiger partial charge in [-0.1, -0.05) is 30.3 Å². The van der Waals surface area contributed by atoms with Gasteiger partial charge in [-0.05, 0) is 36.0 Å². The SMILES string of the molecule is COCC(=O)NC[C@H]1[C@H](c2ccc(C3=CCCC3)cc2)[C@H](CO)N1C(C)=O. The van der Waals surface area contributed by atoms with Crippen LogP contribution in [0.2, 0.25) is 0 Å². The number of likely N-dealkylation sites (tertiary alicyclic amines) is 1. The fourth-order valence-corrected chi connectivity index (χ4v) is 4.34. The summed E-state index contributed by atoms with van der Waals surface area (Å²) >= 11 is 0. The van der Waals surface area contributed by atoms with E-state index in [2.05, 4.69) is 35.7 Å². The summed E-state index contributed by atoms with van der Waals surface area (Å²) in [4.78, 5) is 25.5. The number of hydrogen-bond donors (Lipinski definition) is 2. The molecule has 0 spiro atoms. The average Bonchev–Trinajstić information content (AvgIpc) is 3.16. The lowest BCUT2D eigenvalue weighted by Gasteiger charge is -2.54. The smallest absolute Gasteiger partial charge is 0.246 e. The number of benzene rings is 1. The predicted octanol–water partition coefficient (Wildman–Crippen LogP) is 1.69. The second-order valence-corrected chi connectivity index (χ2v) is 7.25. The van der Waals surface area contributed by atoms with Gasteiger partial charge in [0.1, 0.15) is 6.61 Å². The first-order valence-electron chi connectivity index (χ1n) is 9.51. The molecule has 1 aliphatic carbocycles. The highest BCUT2D eigenvalue weighted by molar-refractivity contribution is 5.78. The molecule has 2 amide bonds. The standard InChI is InChI=1S/C21H28N2O4/c1-14(25)23-18(11-22-20(26)13-27-2)21(19(23)12-24)17-9-7-16(8-10-17)15-5-3-4-6-15/h5,7-10,18-19,21,24H,3-4,6,11-13H2,1-2H3,(H,22,26)/t18-,19-,21-/m0/s1. The molecule has 3 rings (SSSR count). The van der Waals surface area contributed by atoms with Crippen molar-refractivity contribution in [2.75, 3.05) is 26.9 Å². The molecular weight excluding hydrogens is 344 g/mol. The van der Waals surface area contributed by atoms with E-state index in [4.69, 9.17) is 4.74 Å². The van der Waals surface area contributed by atoms with Gasteiger partial charge in [0, 0.05) is 26.5 Å². The molecule has 0 bridgehead atoms. The van der Waals surface area contributed by atoms with Gasteiger partial charge in [-0.25, -0.2) is 0 Å². The van der Waals surface area contributed by atoms with E-state index in [1.165, 1.54) is 31.6 Å². The van der Waals surface area contributed by atoms with Crippen LogP contribution in [0.15, 0.2) is 30.3 Å². The fourth-order valence-electron chi connectivity index (χ4n) is 4.34. The summed E-state index contributed by atoms with van der Waals surface area (Å²) in [6.07, 6.45) is 5.76. The van der Waals surface area contributed by atoms with Crippen LogP contribution >= 0.6 is 0 Å². The summed E-state index contributed by atoms with van der Waals surface area (Å²) in [5, 5.41) is 12.7. The van der Waals surface area contributed by atoms with Gasteiger partial charge in [0.25, 0.3) is 0 Å². The van der Waals surface area contributed by atoms with Gasteiger partial charge < -0.3 is 20.1 Å². The highest BCUT2D eigenvalue weighted by atomic mass is 16.5. The normalized spacial score (nSPS) is 24.3. The third-order valence-corrected chi connectivity index (χ3v) is 5.59. The maximum absolute atomic E-state index is 12.1. The first-order chi connectivity index (χ1) is 13.1. The van der Waals surface area contributed by atoms with E-state index in [9.17, 15) is 14.7 Å². The predicted molar refractivity (Wildman–Crippen MR) is 103 cm³/mol. The molecule has 0 saturated carbocycles. The summed E-state index contributed by atoms with van der Waals surface area (Å²) in [5.74, 6) is -0.312. The average molecular weight is 372 g/mol. The monoisotopic (exact) mass is 372 g/mol. The number of ether oxygens (including phenoxy) is 1. The Morgan fingerprint density at radius 2 is 2.00 bits per heavy atom. The third-order valence-electron chi connectivity index (χ3n) is 5.59. The number of carbonyl (C=O) groups excluding carboxylic acids is 2. The summed E-state index contributed by atoms with van der Waals surface area (Å²) in [6.45, 7) is 1.73. The summed E-state index contributed by atoms with van der Waals surface area (Å²) in [7, 11) is 1.47. The maximum atomic E-state index is 12.1. The van der Waals surface area contributed by atoms with Crippen molar-refractivity contribution < 1.29 is 19.4 Å². The minimum absolute atomic E-state index is 0.00616. The fraction of sp³-hybridized carbons (Fsp3) is 0.524. The van der Waals surface area contributed by atoms with Crippen LogP contribution < -0.4 is 5.32 Å². The van der Waals surface area contributed by atoms with Crippen molar-refractivity contribution >= 4 is 17.4 Å². The number of hydrogen-bond acceptors (Lipinski definition) is 4. The molecule has 1 aromatic rings. The van der Waals surface area contributed by atoms with E-state index >= 15 is 0 Å². The molecule has 146 valence electrons. The number of aliphatic hydroxyl groups is 1. The molecule has 1 heterocycles. The number of methoxy groups -OCH3 is 1. The molecule has 27 heavy (non-hydrogen) atoms. The Balaban J connectivity index is 1.77. The summed E-state index contributed by atoms with van der Waals surface area (Å²) in [5.41, 5.74) is 3.71. The zero-order valence-corrected chi connectivity index (χ0v) is 16.0. The van der Waals surface area contributed by atoms with Crippen molar-refractivity contribution in [3.63, 3.8) is 0 Å². The number of nitrogens with zero attached hydrogens (tertiary/aromatic N) is 1. The number of amides is 2. The molecular formula is C21H28N2O4. The van der Waals surface area contributed by atoms with Gasteiger partial charge in [0.2, 0.25) is 11.8 Å². The Hall–Kier alpha value is -2.18. The minimum atomic E-state index is -0.261. The van der Waals surface area contributed by atoms with Gasteiger partial charge in [0.05, 0.1) is 18.7 Å². The zero-order valence-electron chi connectivity index (χ0n) is 16.0. The summed E-state index contributed by atoms with van der Waals surface area (Å²) in [6, 6.07) is 7.99. The molecule has 1 aromatic carbocycles. The molecule has 1 saturated heterocycles. The zero-order chi connectivity index (χ0) is 19.4. The van der Waals surface area contributed by atoms with E-state index in [-0.39, 0.29) is 43.0 Å². The van der Waals surface area contributed by atoms with Crippen LogP contribution in [0.1, 0.15) is 43.2 Å². The van der Waals surface area contributed by atoms with Crippen molar-refractivity contribution in [3.8, 4) is 0 Å². The minimum Gasteiger partial charge on any atom is -0.394 e. The molecule has 0 aromatic heterocycles. The second-order valence-electron chi connectivity index (χ2n) is 7.25. The van der Waals surface area contributed by atoms with E-state index in [0.29, 0.717) is 6.54 Å². The second kappa shape index (κ2) is 8.67. The van der Waals surface area contributed by atoms with Crippen molar-refractivity contribution in [2.45, 2.75) is 44.2 Å². The first kappa shape index (κ1) is 19.6. The van der Waals surface area contributed by atoms with Crippen LogP contribution in [0.25, 0.3) is 5.57 Å². The maximum Gasteiger partial charge on any atom is 0.246 e. The highest BCUT2D eigenvalue weighted by Gasteiger charge is 2.49. The number of allylic oxidation sites excluding steroid dienone is 2. The Labute approximate surface area is 160 Å². The Kier molecular flexibility index (Phi) is 6.29. The van der Waals surface area contributed by atoms with E-state index < -0.39 is 0 Å². The molecule has 6 nitrogen and oxygen atoms in total. The molecule has 1 fully saturated rings. The van der Waals surface area contributed by atoms with Crippen LogP contribution in [0, 0.1) is 0 Å². The van der Waals surface area contributed by atoms with E-state index in [0.717, 1.165) is 18.4 Å². The molecule has 2 N–H and O–H groups in total. The number of aliphatic hydroxyl groups excluding tert-OH is 1. The van der Waals surface area contributed by atoms with Crippen LogP contribution in [0.5, 0.6) is 0 Å². The Morgan fingerprint density at radius 3 is 2.56 bits per heavy atom. The molecule has 0 radical (unpaired) electrons. The highest BCUT2D eigenvalue weighted by Crippen LogP contribution is 2.41. The lowest BCUT2D eigenvalue weighted by atomic mass is 9.74. The van der Waals surface area contributed by atoms with Crippen LogP contribution in [-0.2, 0) is 14.3 Å². The van der Waals surface area contributed by atoms with Gasteiger partial charge in [-0.15, -0.1) is 0 Å². The van der Waals surface area contributed by atoms with Crippen LogP contribution in [0.3, 0.4) is 0 Å². The van der Waals surface area contributed by atoms with Gasteiger partial charge in [-0.3, -0.25) is 9.59 Å². The Morgan fingerprint density at radius 1 is 1.26 bits per heavy atom. The largest absolute Gasteiger partial charge is 0.394 e. The van der Waals surface area contributed by atoms with Gasteiger partial charge in [-0.2, -0.15) is 0 Å². The lowest BCUT2D eigenvalue weighted by molar-refractivity contribution is -0.148. The molecule has 3 atom stereocenters. The van der Waals surface area contributed by atoms with Crippen molar-refractivity contribution in [3.05, 3.63) is 41.5 Å². The van der Waals surface area contributed by atoms with E-state index in [1.54, 1.807) is 4.90 Å². The lowest BCUT2D eigenvalue weighted by Crippen LogP contribution is -2.68. The number of rotatable bonds is 7. The molecule has 2 aliphatic rings. The summed E-state index contributed by atoms with van der Waals surface area (Å²) < 4.78 is 4.84. The van der Waals surface area contributed by atoms with Gasteiger partial charge in [0.15, 0.2) is 0 Å². The topological polar surface area (TPSA) is 78.9 Å². The van der Waals surface area contributed by atoms with Crippen molar-refractivity contribution in [1.29, 1.82) is 0 Å². The van der Waals surface area contributed by atoms with Crippen LogP contribution in [-0.4, -0.2) is 60.8 Å². The number of nitrogens with one attached hydrogen (secondary N) is 1. The van der Waals surface area contributed by atoms with Crippen LogP contribution in [0.4, 0.5) is 0 Å². The first-order valence-corrected chi connectivity index (χ1v) is 9.51. The molecule has 6 heteroatoms. The van der Waals surface area contributed by atoms with E-state index in [1.807, 2.05) is 0 Å². The third kappa shape index (κ3) is 4.06. The quantitative estimate of drug-likeness (QED) is 0.763. The van der Waals surface area contributed by atoms with Crippen molar-refractivity contribution in [1.82, 2.24) is 10.2 Å².